The number of hydrogen-bond donors (Lipinski definition) is 0. The molecule has 0 aromatic heterocycles. The van der Waals surface area contributed by atoms with Crippen molar-refractivity contribution >= 4 is 7.26 Å². The molecule has 0 aromatic rings. The van der Waals surface area contributed by atoms with Gasteiger partial charge in [0, 0.05) is 7.26 Å². The van der Waals surface area contributed by atoms with Crippen molar-refractivity contribution in [2.45, 2.75) is 118 Å². The minimum Gasteiger partial charge on any atom is -0.0654 e. The molecule has 0 aliphatic rings. The molecule has 0 unspecified atom stereocenters. The predicted molar refractivity (Wildman–Crippen MR) is 114 cm³/mol. The van der Waals surface area contributed by atoms with Crippen LogP contribution in [0.25, 0.3) is 0 Å². The molecule has 23 heavy (non-hydrogen) atoms. The van der Waals surface area contributed by atoms with Crippen LogP contribution in [-0.4, -0.2) is 24.6 Å². The molecule has 0 atom stereocenters. The highest BCUT2D eigenvalue weighted by molar-refractivity contribution is 7.75. The third kappa shape index (κ3) is 13.4. The second-order valence-corrected chi connectivity index (χ2v) is 12.2. The first-order valence-electron chi connectivity index (χ1n) is 11.1. The monoisotopic (exact) mass is 343 g/mol. The van der Waals surface area contributed by atoms with E-state index in [1.165, 1.54) is 89.9 Å². The van der Waals surface area contributed by atoms with E-state index in [9.17, 15) is 0 Å². The summed E-state index contributed by atoms with van der Waals surface area (Å²) in [6.07, 6.45) is 26.9. The van der Waals surface area contributed by atoms with E-state index in [1.54, 1.807) is 24.6 Å². The zero-order valence-electron chi connectivity index (χ0n) is 17.2. The predicted octanol–water partition coefficient (Wildman–Crippen LogP) is 8.55. The Bertz CT molecular complexity index is 200. The molecule has 0 nitrogen and oxygen atoms in total. The molecular weight excluding hydrogens is 295 g/mol. The molecular formula is C22H48P+. The molecule has 1 heteroatoms. The largest absolute Gasteiger partial charge is 0.0654 e. The van der Waals surface area contributed by atoms with Gasteiger partial charge in [0.15, 0.2) is 0 Å². The maximum atomic E-state index is 2.42. The van der Waals surface area contributed by atoms with Gasteiger partial charge in [-0.15, -0.1) is 0 Å². The topological polar surface area (TPSA) is 0 Å². The smallest absolute Gasteiger partial charge is 0.0594 e. The normalized spacial score (nSPS) is 12.0. The van der Waals surface area contributed by atoms with Crippen LogP contribution < -0.4 is 0 Å². The van der Waals surface area contributed by atoms with Gasteiger partial charge < -0.3 is 0 Å². The van der Waals surface area contributed by atoms with Gasteiger partial charge in [-0.05, 0) is 38.5 Å². The molecule has 0 N–H and O–H groups in total. The number of hydrogen-bond acceptors (Lipinski definition) is 0. The molecule has 0 spiro atoms. The summed E-state index contributed by atoms with van der Waals surface area (Å²) >= 11 is 0. The van der Waals surface area contributed by atoms with Gasteiger partial charge in [0.05, 0.1) is 24.6 Å². The Balaban J connectivity index is 4.11. The lowest BCUT2D eigenvalue weighted by Gasteiger charge is -2.27. The van der Waals surface area contributed by atoms with Gasteiger partial charge in [-0.25, -0.2) is 0 Å². The quantitative estimate of drug-likeness (QED) is 0.173. The standard InChI is InChI=1S/C22H48P/c1-5-9-11-13-15-17-21-23(19-7-3,20-8-4)22-18-16-14-12-10-6-2/h5-22H2,1-4H3/q+1. The Morgan fingerprint density at radius 3 is 1.04 bits per heavy atom. The molecule has 0 aliphatic heterocycles. The van der Waals surface area contributed by atoms with Gasteiger partial charge >= 0.3 is 0 Å². The first-order valence-corrected chi connectivity index (χ1v) is 13.6. The van der Waals surface area contributed by atoms with E-state index in [2.05, 4.69) is 27.7 Å². The van der Waals surface area contributed by atoms with Crippen molar-refractivity contribution in [3.63, 3.8) is 0 Å². The van der Waals surface area contributed by atoms with Crippen LogP contribution in [0.2, 0.25) is 0 Å². The molecule has 0 saturated carbocycles. The van der Waals surface area contributed by atoms with Crippen LogP contribution in [0, 0.1) is 0 Å². The molecule has 0 aliphatic carbocycles. The first-order chi connectivity index (χ1) is 11.2. The van der Waals surface area contributed by atoms with Crippen molar-refractivity contribution in [3.8, 4) is 0 Å². The van der Waals surface area contributed by atoms with Crippen molar-refractivity contribution in [1.29, 1.82) is 0 Å². The highest BCUT2D eigenvalue weighted by Crippen LogP contribution is 2.61. The van der Waals surface area contributed by atoms with Gasteiger partial charge in [-0.3, -0.25) is 0 Å². The molecule has 0 amide bonds. The molecule has 0 radical (unpaired) electrons. The average molecular weight is 344 g/mol. The lowest BCUT2D eigenvalue weighted by atomic mass is 10.1. The van der Waals surface area contributed by atoms with E-state index in [1.807, 2.05) is 0 Å². The summed E-state index contributed by atoms with van der Waals surface area (Å²) in [5.74, 6) is 0. The van der Waals surface area contributed by atoms with Crippen LogP contribution in [-0.2, 0) is 0 Å². The Hall–Kier alpha value is 0.430. The van der Waals surface area contributed by atoms with E-state index < -0.39 is 7.26 Å². The van der Waals surface area contributed by atoms with Crippen molar-refractivity contribution in [2.24, 2.45) is 0 Å². The Labute approximate surface area is 149 Å². The SMILES string of the molecule is CCCCCCCC[P+](CCC)(CCC)CCCCCCCC. The molecule has 0 rings (SSSR count). The van der Waals surface area contributed by atoms with Crippen LogP contribution >= 0.6 is 7.26 Å². The molecule has 140 valence electrons. The van der Waals surface area contributed by atoms with Gasteiger partial charge in [0.1, 0.15) is 0 Å². The summed E-state index contributed by atoms with van der Waals surface area (Å²) in [5, 5.41) is 0. The highest BCUT2D eigenvalue weighted by atomic mass is 31.2. The third-order valence-electron chi connectivity index (χ3n) is 5.37. The van der Waals surface area contributed by atoms with Crippen LogP contribution in [0.3, 0.4) is 0 Å². The van der Waals surface area contributed by atoms with E-state index in [-0.39, 0.29) is 0 Å². The second-order valence-electron chi connectivity index (χ2n) is 7.77. The second kappa shape index (κ2) is 17.3. The Morgan fingerprint density at radius 2 is 0.696 bits per heavy atom. The zero-order valence-corrected chi connectivity index (χ0v) is 18.1. The fraction of sp³-hybridized carbons (Fsp3) is 1.00. The lowest BCUT2D eigenvalue weighted by Crippen LogP contribution is -2.12. The van der Waals surface area contributed by atoms with Crippen molar-refractivity contribution in [1.82, 2.24) is 0 Å². The van der Waals surface area contributed by atoms with Crippen molar-refractivity contribution < 1.29 is 0 Å². The first kappa shape index (κ1) is 23.4. The highest BCUT2D eigenvalue weighted by Gasteiger charge is 2.33. The maximum absolute atomic E-state index is 2.42. The van der Waals surface area contributed by atoms with E-state index in [4.69, 9.17) is 0 Å². The molecule has 0 fully saturated rings. The van der Waals surface area contributed by atoms with E-state index in [0.29, 0.717) is 0 Å². The summed E-state index contributed by atoms with van der Waals surface area (Å²) in [6.45, 7) is 9.49. The van der Waals surface area contributed by atoms with Crippen molar-refractivity contribution in [3.05, 3.63) is 0 Å². The van der Waals surface area contributed by atoms with E-state index >= 15 is 0 Å². The molecule has 0 saturated heterocycles. The fourth-order valence-electron chi connectivity index (χ4n) is 4.07. The van der Waals surface area contributed by atoms with Crippen LogP contribution in [0.15, 0.2) is 0 Å². The summed E-state index contributed by atoms with van der Waals surface area (Å²) < 4.78 is 0. The average Bonchev–Trinajstić information content (AvgIpc) is 2.54. The van der Waals surface area contributed by atoms with Crippen LogP contribution in [0.4, 0.5) is 0 Å². The lowest BCUT2D eigenvalue weighted by molar-refractivity contribution is 0.620. The van der Waals surface area contributed by atoms with Crippen LogP contribution in [0.1, 0.15) is 118 Å². The van der Waals surface area contributed by atoms with Gasteiger partial charge in [0.2, 0.25) is 0 Å². The van der Waals surface area contributed by atoms with Crippen molar-refractivity contribution in [2.75, 3.05) is 24.6 Å². The zero-order chi connectivity index (χ0) is 17.2. The summed E-state index contributed by atoms with van der Waals surface area (Å²) in [5.41, 5.74) is 0. The Kier molecular flexibility index (Phi) is 17.6. The van der Waals surface area contributed by atoms with Gasteiger partial charge in [0.25, 0.3) is 0 Å². The minimum absolute atomic E-state index is 0.607. The molecule has 0 heterocycles. The van der Waals surface area contributed by atoms with E-state index in [0.717, 1.165) is 0 Å². The van der Waals surface area contributed by atoms with Crippen LogP contribution in [0.5, 0.6) is 0 Å². The summed E-state index contributed by atoms with van der Waals surface area (Å²) in [7, 11) is -0.607. The van der Waals surface area contributed by atoms with Gasteiger partial charge in [-0.2, -0.15) is 0 Å². The summed E-state index contributed by atoms with van der Waals surface area (Å²) in [6, 6.07) is 0. The number of rotatable bonds is 18. The van der Waals surface area contributed by atoms with Gasteiger partial charge in [-0.1, -0.05) is 79.1 Å². The fourth-order valence-corrected chi connectivity index (χ4v) is 9.10. The summed E-state index contributed by atoms with van der Waals surface area (Å²) in [4.78, 5) is 0. The third-order valence-corrected chi connectivity index (χ3v) is 10.7. The molecule has 0 aromatic carbocycles. The Morgan fingerprint density at radius 1 is 0.348 bits per heavy atom. The maximum Gasteiger partial charge on any atom is 0.0594 e. The minimum atomic E-state index is -0.607. The molecule has 0 bridgehead atoms. The number of unbranched alkanes of at least 4 members (excludes halogenated alkanes) is 10.